The lowest BCUT2D eigenvalue weighted by Crippen LogP contribution is -2.41. The van der Waals surface area contributed by atoms with Gasteiger partial charge in [0, 0.05) is 6.54 Å². The third-order valence-corrected chi connectivity index (χ3v) is 6.57. The van der Waals surface area contributed by atoms with E-state index in [-0.39, 0.29) is 11.4 Å². The summed E-state index contributed by atoms with van der Waals surface area (Å²) in [5.41, 5.74) is 3.20. The third kappa shape index (κ3) is 5.44. The van der Waals surface area contributed by atoms with E-state index in [9.17, 15) is 13.2 Å². The highest BCUT2D eigenvalue weighted by Crippen LogP contribution is 2.33. The zero-order valence-corrected chi connectivity index (χ0v) is 18.6. The van der Waals surface area contributed by atoms with Crippen molar-refractivity contribution in [2.75, 3.05) is 18.0 Å². The van der Waals surface area contributed by atoms with Crippen LogP contribution in [-0.2, 0) is 21.4 Å². The maximum absolute atomic E-state index is 13.5. The van der Waals surface area contributed by atoms with Crippen LogP contribution in [0.25, 0.3) is 0 Å². The van der Waals surface area contributed by atoms with Gasteiger partial charge in [-0.25, -0.2) is 8.42 Å². The van der Waals surface area contributed by atoms with Crippen LogP contribution in [0.1, 0.15) is 16.7 Å². The van der Waals surface area contributed by atoms with Gasteiger partial charge < -0.3 is 10.1 Å². The van der Waals surface area contributed by atoms with Gasteiger partial charge in [0.15, 0.2) is 0 Å². The van der Waals surface area contributed by atoms with E-state index in [4.69, 9.17) is 4.74 Å². The molecule has 3 aromatic rings. The average molecular weight is 439 g/mol. The van der Waals surface area contributed by atoms with E-state index in [0.717, 1.165) is 21.0 Å². The number of ether oxygens (including phenoxy) is 1. The number of aryl methyl sites for hydroxylation is 2. The Morgan fingerprint density at radius 3 is 2.32 bits per heavy atom. The molecule has 0 saturated heterocycles. The summed E-state index contributed by atoms with van der Waals surface area (Å²) < 4.78 is 33.4. The largest absolute Gasteiger partial charge is 0.495 e. The van der Waals surface area contributed by atoms with Gasteiger partial charge in [-0.3, -0.25) is 9.10 Å². The van der Waals surface area contributed by atoms with Crippen molar-refractivity contribution in [1.29, 1.82) is 0 Å². The summed E-state index contributed by atoms with van der Waals surface area (Å²) in [7, 11) is -2.52. The number of hydrogen-bond donors (Lipinski definition) is 1. The number of nitrogens with one attached hydrogen (secondary N) is 1. The van der Waals surface area contributed by atoms with Crippen LogP contribution in [0.15, 0.2) is 77.7 Å². The van der Waals surface area contributed by atoms with Gasteiger partial charge in [-0.15, -0.1) is 0 Å². The second-order valence-electron chi connectivity index (χ2n) is 7.27. The Bertz CT molecular complexity index is 1160. The number of sulfonamides is 1. The van der Waals surface area contributed by atoms with E-state index in [1.165, 1.54) is 19.2 Å². The molecular formula is C24H26N2O4S. The van der Waals surface area contributed by atoms with E-state index < -0.39 is 15.9 Å². The highest BCUT2D eigenvalue weighted by atomic mass is 32.2. The van der Waals surface area contributed by atoms with Gasteiger partial charge in [0.05, 0.1) is 17.7 Å². The van der Waals surface area contributed by atoms with Gasteiger partial charge in [-0.05, 0) is 49.2 Å². The second kappa shape index (κ2) is 9.66. The zero-order chi connectivity index (χ0) is 22.4. The Kier molecular flexibility index (Phi) is 6.97. The van der Waals surface area contributed by atoms with Crippen molar-refractivity contribution in [3.8, 4) is 5.75 Å². The van der Waals surface area contributed by atoms with Gasteiger partial charge >= 0.3 is 0 Å². The number of rotatable bonds is 8. The third-order valence-electron chi connectivity index (χ3n) is 4.79. The molecule has 1 amide bonds. The summed E-state index contributed by atoms with van der Waals surface area (Å²) in [6.07, 6.45) is 0. The monoisotopic (exact) mass is 438 g/mol. The van der Waals surface area contributed by atoms with Crippen LogP contribution >= 0.6 is 0 Å². The average Bonchev–Trinajstić information content (AvgIpc) is 2.76. The fraction of sp³-hybridized carbons (Fsp3) is 0.208. The van der Waals surface area contributed by atoms with Crippen molar-refractivity contribution in [1.82, 2.24) is 5.32 Å². The molecule has 0 fully saturated rings. The molecule has 0 aliphatic rings. The minimum atomic E-state index is -4.00. The Hall–Kier alpha value is -3.32. The van der Waals surface area contributed by atoms with Crippen LogP contribution in [0.2, 0.25) is 0 Å². The highest BCUT2D eigenvalue weighted by Gasteiger charge is 2.29. The summed E-state index contributed by atoms with van der Waals surface area (Å²) in [5.74, 6) is -0.0406. The predicted octanol–water partition coefficient (Wildman–Crippen LogP) is 3.82. The van der Waals surface area contributed by atoms with Crippen LogP contribution < -0.4 is 14.4 Å². The molecule has 6 nitrogen and oxygen atoms in total. The summed E-state index contributed by atoms with van der Waals surface area (Å²) in [6, 6.07) is 21.1. The molecule has 0 aromatic heterocycles. The molecule has 0 saturated carbocycles. The Balaban J connectivity index is 1.93. The van der Waals surface area contributed by atoms with Crippen LogP contribution in [0.5, 0.6) is 5.75 Å². The first-order chi connectivity index (χ1) is 14.8. The van der Waals surface area contributed by atoms with E-state index >= 15 is 0 Å². The van der Waals surface area contributed by atoms with E-state index in [2.05, 4.69) is 5.32 Å². The van der Waals surface area contributed by atoms with Gasteiger partial charge in [0.1, 0.15) is 12.3 Å². The van der Waals surface area contributed by atoms with Crippen molar-refractivity contribution in [3.05, 3.63) is 89.5 Å². The molecule has 1 N–H and O–H groups in total. The minimum absolute atomic E-state index is 0.102. The summed E-state index contributed by atoms with van der Waals surface area (Å²) in [4.78, 5) is 12.9. The fourth-order valence-electron chi connectivity index (χ4n) is 3.22. The molecule has 0 heterocycles. The second-order valence-corrected chi connectivity index (χ2v) is 9.13. The summed E-state index contributed by atoms with van der Waals surface area (Å²) in [6.45, 7) is 3.77. The van der Waals surface area contributed by atoms with Crippen LogP contribution in [-0.4, -0.2) is 28.0 Å². The molecular weight excluding hydrogens is 412 g/mol. The first-order valence-corrected chi connectivity index (χ1v) is 11.3. The number of carbonyl (C=O) groups is 1. The Labute approximate surface area is 183 Å². The molecule has 162 valence electrons. The summed E-state index contributed by atoms with van der Waals surface area (Å²) in [5, 5.41) is 2.82. The van der Waals surface area contributed by atoms with Gasteiger partial charge in [-0.1, -0.05) is 54.1 Å². The number of carbonyl (C=O) groups excluding carboxylic acids is 1. The van der Waals surface area contributed by atoms with Crippen molar-refractivity contribution in [2.45, 2.75) is 25.3 Å². The van der Waals surface area contributed by atoms with E-state index in [1.807, 2.05) is 44.2 Å². The van der Waals surface area contributed by atoms with Crippen molar-refractivity contribution in [2.24, 2.45) is 0 Å². The molecule has 0 bridgehead atoms. The molecule has 0 unspecified atom stereocenters. The Morgan fingerprint density at radius 1 is 0.935 bits per heavy atom. The van der Waals surface area contributed by atoms with Crippen LogP contribution in [0.4, 0.5) is 5.69 Å². The summed E-state index contributed by atoms with van der Waals surface area (Å²) >= 11 is 0. The lowest BCUT2D eigenvalue weighted by Gasteiger charge is -2.26. The molecule has 0 aliphatic heterocycles. The standard InChI is InChI=1S/C24H26N2O4S/c1-18-8-7-9-20(14-18)16-25-24(27)17-26(22-15-19(2)12-13-23(22)30-3)31(28,29)21-10-5-4-6-11-21/h4-15H,16-17H2,1-3H3,(H,25,27). The Morgan fingerprint density at radius 2 is 1.65 bits per heavy atom. The van der Waals surface area contributed by atoms with E-state index in [0.29, 0.717) is 18.0 Å². The number of nitrogens with zero attached hydrogens (tertiary/aromatic N) is 1. The first-order valence-electron chi connectivity index (χ1n) is 9.86. The smallest absolute Gasteiger partial charge is 0.264 e. The fourth-order valence-corrected chi connectivity index (χ4v) is 4.67. The minimum Gasteiger partial charge on any atom is -0.495 e. The molecule has 0 atom stereocenters. The maximum Gasteiger partial charge on any atom is 0.264 e. The van der Waals surface area contributed by atoms with Gasteiger partial charge in [-0.2, -0.15) is 0 Å². The molecule has 31 heavy (non-hydrogen) atoms. The lowest BCUT2D eigenvalue weighted by molar-refractivity contribution is -0.119. The van der Waals surface area contributed by atoms with E-state index in [1.54, 1.807) is 30.3 Å². The van der Waals surface area contributed by atoms with Crippen molar-refractivity contribution >= 4 is 21.6 Å². The van der Waals surface area contributed by atoms with Crippen LogP contribution in [0.3, 0.4) is 0 Å². The molecule has 0 aliphatic carbocycles. The van der Waals surface area contributed by atoms with Crippen LogP contribution in [0, 0.1) is 13.8 Å². The lowest BCUT2D eigenvalue weighted by atomic mass is 10.1. The molecule has 3 aromatic carbocycles. The quantitative estimate of drug-likeness (QED) is 0.580. The number of methoxy groups -OCH3 is 1. The highest BCUT2D eigenvalue weighted by molar-refractivity contribution is 7.92. The zero-order valence-electron chi connectivity index (χ0n) is 17.8. The predicted molar refractivity (Wildman–Crippen MR) is 122 cm³/mol. The maximum atomic E-state index is 13.5. The molecule has 3 rings (SSSR count). The first kappa shape index (κ1) is 22.4. The van der Waals surface area contributed by atoms with Crippen molar-refractivity contribution < 1.29 is 17.9 Å². The number of benzene rings is 3. The molecule has 0 radical (unpaired) electrons. The van der Waals surface area contributed by atoms with Gasteiger partial charge in [0.25, 0.3) is 10.0 Å². The van der Waals surface area contributed by atoms with Gasteiger partial charge in [0.2, 0.25) is 5.91 Å². The number of anilines is 1. The number of hydrogen-bond acceptors (Lipinski definition) is 4. The molecule has 0 spiro atoms. The van der Waals surface area contributed by atoms with Crippen molar-refractivity contribution in [3.63, 3.8) is 0 Å². The topological polar surface area (TPSA) is 75.7 Å². The normalized spacial score (nSPS) is 11.1. The molecule has 7 heteroatoms. The SMILES string of the molecule is COc1ccc(C)cc1N(CC(=O)NCc1cccc(C)c1)S(=O)(=O)c1ccccc1. The number of amides is 1.